The molecule has 3 nitrogen and oxygen atoms in total. The van der Waals surface area contributed by atoms with Crippen molar-refractivity contribution in [1.29, 1.82) is 0 Å². The van der Waals surface area contributed by atoms with E-state index in [-0.39, 0.29) is 5.92 Å². The van der Waals surface area contributed by atoms with E-state index in [1.54, 1.807) is 12.1 Å². The molecule has 22 heavy (non-hydrogen) atoms. The summed E-state index contributed by atoms with van der Waals surface area (Å²) in [7, 11) is 0. The second-order valence-corrected chi connectivity index (χ2v) is 5.31. The Kier molecular flexibility index (Phi) is 5.69. The zero-order chi connectivity index (χ0) is 17.1. The Bertz CT molecular complexity index is 572. The fourth-order valence-electron chi connectivity index (χ4n) is 2.12. The van der Waals surface area contributed by atoms with Gasteiger partial charge in [-0.15, -0.1) is 0 Å². The number of carboxylic acid groups (broad SMARTS) is 1. The van der Waals surface area contributed by atoms with Crippen molar-refractivity contribution in [2.24, 2.45) is 0 Å². The third-order valence-electron chi connectivity index (χ3n) is 3.25. The van der Waals surface area contributed by atoms with Gasteiger partial charge in [0.25, 0.3) is 5.92 Å². The van der Waals surface area contributed by atoms with E-state index in [2.05, 4.69) is 0 Å². The lowest BCUT2D eigenvalue weighted by Gasteiger charge is -2.29. The van der Waals surface area contributed by atoms with Crippen LogP contribution in [0.4, 0.5) is 8.78 Å². The quantitative estimate of drug-likeness (QED) is 0.878. The van der Waals surface area contributed by atoms with Crippen LogP contribution in [0.1, 0.15) is 51.7 Å². The van der Waals surface area contributed by atoms with Gasteiger partial charge in [-0.25, -0.2) is 13.6 Å². The first-order valence-corrected chi connectivity index (χ1v) is 7.33. The van der Waals surface area contributed by atoms with E-state index in [1.165, 1.54) is 6.08 Å². The Balaban J connectivity index is 0.00000116. The molecule has 0 saturated heterocycles. The maximum Gasteiger partial charge on any atom is 0.335 e. The summed E-state index contributed by atoms with van der Waals surface area (Å²) >= 11 is 0. The van der Waals surface area contributed by atoms with Crippen LogP contribution in [0.3, 0.4) is 0 Å². The minimum Gasteiger partial charge on any atom is -0.478 e. The number of aliphatic carboxylic acids is 1. The molecule has 5 heteroatoms. The van der Waals surface area contributed by atoms with Gasteiger partial charge in [0, 0.05) is 12.5 Å². The molecule has 0 bridgehead atoms. The number of carboxylic acids is 1. The van der Waals surface area contributed by atoms with Crippen LogP contribution < -0.4 is 4.74 Å². The van der Waals surface area contributed by atoms with Crippen molar-refractivity contribution in [3.05, 3.63) is 34.9 Å². The Morgan fingerprint density at radius 3 is 2.36 bits per heavy atom. The van der Waals surface area contributed by atoms with Gasteiger partial charge < -0.3 is 9.84 Å². The summed E-state index contributed by atoms with van der Waals surface area (Å²) in [5.41, 5.74) is 1.03. The first kappa shape index (κ1) is 18.1. The molecule has 2 rings (SSSR count). The summed E-state index contributed by atoms with van der Waals surface area (Å²) in [6, 6.07) is 5.22. The number of hydrogen-bond acceptors (Lipinski definition) is 2. The second-order valence-electron chi connectivity index (χ2n) is 5.31. The number of fused-ring (bicyclic) bond motifs is 1. The lowest BCUT2D eigenvalue weighted by atomic mass is 9.95. The molecule has 0 spiro atoms. The van der Waals surface area contributed by atoms with Crippen molar-refractivity contribution in [3.63, 3.8) is 0 Å². The summed E-state index contributed by atoms with van der Waals surface area (Å²) in [6.45, 7) is 8.62. The van der Waals surface area contributed by atoms with Gasteiger partial charge in [-0.3, -0.25) is 0 Å². The van der Waals surface area contributed by atoms with E-state index in [4.69, 9.17) is 9.84 Å². The van der Waals surface area contributed by atoms with Gasteiger partial charge >= 0.3 is 5.97 Å². The topological polar surface area (TPSA) is 46.5 Å². The lowest BCUT2D eigenvalue weighted by molar-refractivity contribution is -0.137. The Labute approximate surface area is 129 Å². The molecular formula is C17H22F2O3. The van der Waals surface area contributed by atoms with Crippen LogP contribution in [0.15, 0.2) is 23.8 Å². The molecule has 0 fully saturated rings. The SMILES string of the molecule is CC.CC(C)c1ccc2c(c1)OC(C(C)(F)F)C(C(=O)O)=C2. The molecule has 0 saturated carbocycles. The molecule has 1 unspecified atom stereocenters. The van der Waals surface area contributed by atoms with Crippen LogP contribution in [0.5, 0.6) is 5.75 Å². The zero-order valence-electron chi connectivity index (χ0n) is 13.5. The number of halogens is 2. The highest BCUT2D eigenvalue weighted by Gasteiger charge is 2.43. The van der Waals surface area contributed by atoms with Crippen LogP contribution in [0, 0.1) is 0 Å². The average Bonchev–Trinajstić information content (AvgIpc) is 2.46. The minimum atomic E-state index is -3.27. The zero-order valence-corrected chi connectivity index (χ0v) is 13.5. The predicted molar refractivity (Wildman–Crippen MR) is 82.5 cm³/mol. The summed E-state index contributed by atoms with van der Waals surface area (Å²) in [4.78, 5) is 11.1. The second kappa shape index (κ2) is 6.90. The van der Waals surface area contributed by atoms with Crippen LogP contribution in [-0.2, 0) is 4.79 Å². The highest BCUT2D eigenvalue weighted by atomic mass is 19.3. The van der Waals surface area contributed by atoms with Gasteiger partial charge in [0.2, 0.25) is 0 Å². The van der Waals surface area contributed by atoms with Crippen LogP contribution in [-0.4, -0.2) is 23.1 Å². The molecule has 1 heterocycles. The molecule has 1 aliphatic heterocycles. The van der Waals surface area contributed by atoms with Gasteiger partial charge in [-0.2, -0.15) is 0 Å². The third-order valence-corrected chi connectivity index (χ3v) is 3.25. The summed E-state index contributed by atoms with van der Waals surface area (Å²) < 4.78 is 32.3. The molecule has 1 atom stereocenters. The highest BCUT2D eigenvalue weighted by Crippen LogP contribution is 2.37. The van der Waals surface area contributed by atoms with Crippen molar-refractivity contribution in [3.8, 4) is 5.75 Å². The van der Waals surface area contributed by atoms with Gasteiger partial charge in [0.15, 0.2) is 6.10 Å². The molecular weight excluding hydrogens is 290 g/mol. The van der Waals surface area contributed by atoms with Crippen molar-refractivity contribution in [1.82, 2.24) is 0 Å². The number of alkyl halides is 2. The fourth-order valence-corrected chi connectivity index (χ4v) is 2.12. The van der Waals surface area contributed by atoms with Gasteiger partial charge in [0.05, 0.1) is 5.57 Å². The van der Waals surface area contributed by atoms with E-state index < -0.39 is 23.6 Å². The molecule has 1 aromatic rings. The first-order valence-electron chi connectivity index (χ1n) is 7.33. The maximum absolute atomic E-state index is 13.5. The van der Waals surface area contributed by atoms with E-state index in [0.29, 0.717) is 18.2 Å². The molecule has 0 amide bonds. The average molecular weight is 312 g/mol. The summed E-state index contributed by atoms with van der Waals surface area (Å²) in [5.74, 6) is -4.13. The standard InChI is InChI=1S/C15H16F2O3.C2H6/c1-8(2)9-4-5-10-6-11(14(18)19)13(15(3,16)17)20-12(10)7-9;1-2/h4-8,13H,1-3H3,(H,18,19);1-2H3. The monoisotopic (exact) mass is 312 g/mol. The number of benzene rings is 1. The molecule has 0 aliphatic carbocycles. The molecule has 0 radical (unpaired) electrons. The van der Waals surface area contributed by atoms with Gasteiger partial charge in [0.1, 0.15) is 5.75 Å². The number of ether oxygens (including phenoxy) is 1. The third kappa shape index (κ3) is 3.84. The van der Waals surface area contributed by atoms with Crippen molar-refractivity contribution in [2.45, 2.75) is 52.6 Å². The van der Waals surface area contributed by atoms with Gasteiger partial charge in [-0.05, 0) is 23.6 Å². The smallest absolute Gasteiger partial charge is 0.335 e. The Hall–Kier alpha value is -1.91. The van der Waals surface area contributed by atoms with E-state index in [9.17, 15) is 13.6 Å². The highest BCUT2D eigenvalue weighted by molar-refractivity contribution is 5.95. The van der Waals surface area contributed by atoms with E-state index in [1.807, 2.05) is 33.8 Å². The number of hydrogen-bond donors (Lipinski definition) is 1. The van der Waals surface area contributed by atoms with Crippen molar-refractivity contribution < 1.29 is 23.4 Å². The Morgan fingerprint density at radius 1 is 1.32 bits per heavy atom. The van der Waals surface area contributed by atoms with Crippen LogP contribution >= 0.6 is 0 Å². The lowest BCUT2D eigenvalue weighted by Crippen LogP contribution is -2.41. The van der Waals surface area contributed by atoms with E-state index >= 15 is 0 Å². The normalized spacial score (nSPS) is 16.9. The van der Waals surface area contributed by atoms with Crippen molar-refractivity contribution in [2.75, 3.05) is 0 Å². The first-order chi connectivity index (χ1) is 10.2. The minimum absolute atomic E-state index is 0.231. The largest absolute Gasteiger partial charge is 0.478 e. The summed E-state index contributed by atoms with van der Waals surface area (Å²) in [6.07, 6.45) is -0.511. The van der Waals surface area contributed by atoms with E-state index in [0.717, 1.165) is 5.56 Å². The molecule has 0 aromatic heterocycles. The summed E-state index contributed by atoms with van der Waals surface area (Å²) in [5, 5.41) is 9.06. The number of carbonyl (C=O) groups is 1. The van der Waals surface area contributed by atoms with Crippen LogP contribution in [0.2, 0.25) is 0 Å². The predicted octanol–water partition coefficient (Wildman–Crippen LogP) is 4.72. The molecule has 1 aromatic carbocycles. The van der Waals surface area contributed by atoms with Gasteiger partial charge in [-0.1, -0.05) is 39.8 Å². The van der Waals surface area contributed by atoms with Crippen LogP contribution in [0.25, 0.3) is 6.08 Å². The Morgan fingerprint density at radius 2 is 1.91 bits per heavy atom. The van der Waals surface area contributed by atoms with Crippen molar-refractivity contribution >= 4 is 12.0 Å². The molecule has 1 aliphatic rings. The molecule has 122 valence electrons. The number of rotatable bonds is 3. The maximum atomic E-state index is 13.5. The molecule has 1 N–H and O–H groups in total. The fraction of sp³-hybridized carbons (Fsp3) is 0.471.